The topological polar surface area (TPSA) is 58.5 Å². The zero-order valence-electron chi connectivity index (χ0n) is 16.3. The number of aliphatic hydroxyl groups excluding tert-OH is 1. The van der Waals surface area contributed by atoms with Gasteiger partial charge in [0.2, 0.25) is 0 Å². The number of aromatic nitrogens is 2. The predicted octanol–water partition coefficient (Wildman–Crippen LogP) is 3.70. The van der Waals surface area contributed by atoms with Crippen LogP contribution in [-0.2, 0) is 4.74 Å². The second kappa shape index (κ2) is 8.78. The molecule has 0 bridgehead atoms. The van der Waals surface area contributed by atoms with Gasteiger partial charge in [-0.15, -0.1) is 0 Å². The van der Waals surface area contributed by atoms with E-state index in [1.807, 2.05) is 18.2 Å². The molecule has 0 saturated carbocycles. The molecule has 1 fully saturated rings. The Morgan fingerprint density at radius 1 is 1.07 bits per heavy atom. The van der Waals surface area contributed by atoms with Crippen LogP contribution in [0, 0.1) is 12.7 Å². The molecule has 6 heteroatoms. The van der Waals surface area contributed by atoms with E-state index in [1.165, 1.54) is 0 Å². The number of hydrogen-bond donors (Lipinski definition) is 1. The second-order valence-electron chi connectivity index (χ2n) is 7.20. The minimum Gasteiger partial charge on any atom is -0.386 e. The van der Waals surface area contributed by atoms with Gasteiger partial charge in [-0.05, 0) is 36.2 Å². The molecule has 1 N–H and O–H groups in total. The van der Waals surface area contributed by atoms with E-state index in [2.05, 4.69) is 14.9 Å². The summed E-state index contributed by atoms with van der Waals surface area (Å²) in [7, 11) is 0. The summed E-state index contributed by atoms with van der Waals surface area (Å²) in [6.45, 7) is 4.34. The van der Waals surface area contributed by atoms with Gasteiger partial charge in [-0.25, -0.2) is 4.39 Å². The highest BCUT2D eigenvalue weighted by Crippen LogP contribution is 2.38. The fourth-order valence-corrected chi connectivity index (χ4v) is 3.88. The molecule has 1 aromatic carbocycles. The Bertz CT molecular complexity index is 961. The number of ether oxygens (including phenoxy) is 1. The Hall–Kier alpha value is -2.67. The maximum Gasteiger partial charge on any atom is 0.135 e. The van der Waals surface area contributed by atoms with Crippen LogP contribution in [0.5, 0.6) is 0 Å². The van der Waals surface area contributed by atoms with Crippen molar-refractivity contribution in [2.45, 2.75) is 19.1 Å². The molecule has 5 nitrogen and oxygen atoms in total. The van der Waals surface area contributed by atoms with Gasteiger partial charge >= 0.3 is 0 Å². The summed E-state index contributed by atoms with van der Waals surface area (Å²) >= 11 is 0. The number of nitrogens with zero attached hydrogens (tertiary/aromatic N) is 3. The molecule has 29 heavy (non-hydrogen) atoms. The van der Waals surface area contributed by atoms with Gasteiger partial charge in [0.15, 0.2) is 0 Å². The number of halogens is 1. The van der Waals surface area contributed by atoms with Crippen LogP contribution in [0.2, 0.25) is 0 Å². The average Bonchev–Trinajstić information content (AvgIpc) is 2.77. The highest BCUT2D eigenvalue weighted by Gasteiger charge is 2.32. The number of morpholine rings is 1. The summed E-state index contributed by atoms with van der Waals surface area (Å²) in [5.41, 5.74) is 2.90. The quantitative estimate of drug-likeness (QED) is 0.716. The van der Waals surface area contributed by atoms with Gasteiger partial charge < -0.3 is 9.84 Å². The monoisotopic (exact) mass is 393 g/mol. The lowest BCUT2D eigenvalue weighted by atomic mass is 9.91. The van der Waals surface area contributed by atoms with E-state index in [4.69, 9.17) is 4.74 Å². The van der Waals surface area contributed by atoms with Crippen molar-refractivity contribution in [1.82, 2.24) is 14.9 Å². The summed E-state index contributed by atoms with van der Waals surface area (Å²) < 4.78 is 20.3. The minimum absolute atomic E-state index is 0.316. The Kier molecular flexibility index (Phi) is 5.94. The number of rotatable bonds is 5. The van der Waals surface area contributed by atoms with Gasteiger partial charge in [-0.3, -0.25) is 14.9 Å². The molecule has 3 heterocycles. The van der Waals surface area contributed by atoms with Gasteiger partial charge in [0.05, 0.1) is 24.9 Å². The molecule has 0 radical (unpaired) electrons. The van der Waals surface area contributed by atoms with Crippen LogP contribution in [0.4, 0.5) is 4.39 Å². The predicted molar refractivity (Wildman–Crippen MR) is 109 cm³/mol. The first-order valence-electron chi connectivity index (χ1n) is 9.77. The fraction of sp³-hybridized carbons (Fsp3) is 0.304. The lowest BCUT2D eigenvalue weighted by molar-refractivity contribution is -0.0238. The molecular formula is C23H24FN3O2. The zero-order valence-corrected chi connectivity index (χ0v) is 16.3. The van der Waals surface area contributed by atoms with E-state index in [-0.39, 0.29) is 11.9 Å². The van der Waals surface area contributed by atoms with E-state index >= 15 is 0 Å². The number of aryl methyl sites for hydroxylation is 1. The number of aliphatic hydroxyl groups is 1. The number of hydrogen-bond acceptors (Lipinski definition) is 5. The first-order valence-corrected chi connectivity index (χ1v) is 9.77. The van der Waals surface area contributed by atoms with E-state index in [0.29, 0.717) is 48.7 Å². The van der Waals surface area contributed by atoms with Crippen molar-refractivity contribution in [3.63, 3.8) is 0 Å². The van der Waals surface area contributed by atoms with E-state index in [1.54, 1.807) is 49.8 Å². The first-order chi connectivity index (χ1) is 14.2. The Morgan fingerprint density at radius 2 is 1.86 bits per heavy atom. The highest BCUT2D eigenvalue weighted by atomic mass is 19.1. The van der Waals surface area contributed by atoms with Crippen molar-refractivity contribution in [3.05, 3.63) is 83.6 Å². The normalized spacial score (nSPS) is 17.1. The average molecular weight is 393 g/mol. The molecule has 0 aliphatic carbocycles. The van der Waals surface area contributed by atoms with E-state index < -0.39 is 6.10 Å². The van der Waals surface area contributed by atoms with Gasteiger partial charge in [0, 0.05) is 42.8 Å². The van der Waals surface area contributed by atoms with Gasteiger partial charge in [-0.2, -0.15) is 0 Å². The van der Waals surface area contributed by atoms with Gasteiger partial charge in [0.1, 0.15) is 11.9 Å². The van der Waals surface area contributed by atoms with Crippen LogP contribution in [-0.4, -0.2) is 46.3 Å². The van der Waals surface area contributed by atoms with Crippen LogP contribution < -0.4 is 0 Å². The smallest absolute Gasteiger partial charge is 0.135 e. The summed E-state index contributed by atoms with van der Waals surface area (Å²) in [6.07, 6.45) is 4.21. The summed E-state index contributed by atoms with van der Waals surface area (Å²) in [5.74, 6) is -0.316. The second-order valence-corrected chi connectivity index (χ2v) is 7.20. The SMILES string of the molecule is Cc1cccc(-c2ncccc2[C@@H](O)[C@H](c2cccnc2)N2CCOCC2)c1F. The van der Waals surface area contributed by atoms with Crippen molar-refractivity contribution >= 4 is 0 Å². The van der Waals surface area contributed by atoms with Crippen molar-refractivity contribution in [2.24, 2.45) is 0 Å². The Morgan fingerprint density at radius 3 is 2.62 bits per heavy atom. The van der Waals surface area contributed by atoms with Crippen LogP contribution in [0.25, 0.3) is 11.3 Å². The van der Waals surface area contributed by atoms with Crippen molar-refractivity contribution < 1.29 is 14.2 Å². The molecule has 150 valence electrons. The molecule has 4 rings (SSSR count). The molecule has 3 aromatic rings. The van der Waals surface area contributed by atoms with Crippen LogP contribution in [0.1, 0.15) is 28.8 Å². The van der Waals surface area contributed by atoms with Crippen LogP contribution >= 0.6 is 0 Å². The molecule has 1 aliphatic rings. The minimum atomic E-state index is -0.902. The number of pyridine rings is 2. The van der Waals surface area contributed by atoms with Crippen LogP contribution in [0.3, 0.4) is 0 Å². The fourth-order valence-electron chi connectivity index (χ4n) is 3.88. The third-order valence-corrected chi connectivity index (χ3v) is 5.37. The van der Waals surface area contributed by atoms with Crippen molar-refractivity contribution in [2.75, 3.05) is 26.3 Å². The third kappa shape index (κ3) is 4.05. The van der Waals surface area contributed by atoms with Crippen LogP contribution in [0.15, 0.2) is 61.1 Å². The molecule has 0 spiro atoms. The highest BCUT2D eigenvalue weighted by molar-refractivity contribution is 5.65. The maximum absolute atomic E-state index is 14.9. The lowest BCUT2D eigenvalue weighted by Gasteiger charge is -2.37. The van der Waals surface area contributed by atoms with Gasteiger partial charge in [0.25, 0.3) is 0 Å². The Balaban J connectivity index is 1.79. The van der Waals surface area contributed by atoms with Crippen molar-refractivity contribution in [1.29, 1.82) is 0 Å². The molecule has 0 amide bonds. The Labute approximate surface area is 169 Å². The molecule has 2 atom stereocenters. The molecular weight excluding hydrogens is 369 g/mol. The largest absolute Gasteiger partial charge is 0.386 e. The molecule has 1 saturated heterocycles. The molecule has 1 aliphatic heterocycles. The number of benzene rings is 1. The summed E-state index contributed by atoms with van der Waals surface area (Å²) in [5, 5.41) is 11.5. The third-order valence-electron chi connectivity index (χ3n) is 5.37. The summed E-state index contributed by atoms with van der Waals surface area (Å²) in [6, 6.07) is 12.3. The summed E-state index contributed by atoms with van der Waals surface area (Å²) in [4.78, 5) is 10.9. The van der Waals surface area contributed by atoms with Gasteiger partial charge in [-0.1, -0.05) is 24.3 Å². The molecule has 0 unspecified atom stereocenters. The lowest BCUT2D eigenvalue weighted by Crippen LogP contribution is -2.41. The molecule has 2 aromatic heterocycles. The zero-order chi connectivity index (χ0) is 20.2. The maximum atomic E-state index is 14.9. The van der Waals surface area contributed by atoms with Crippen molar-refractivity contribution in [3.8, 4) is 11.3 Å². The van der Waals surface area contributed by atoms with E-state index in [9.17, 15) is 9.50 Å². The standard InChI is InChI=1S/C23H24FN3O2/c1-16-5-2-7-18(20(16)24)21-19(8-4-10-26-21)23(28)22(17-6-3-9-25-15-17)27-11-13-29-14-12-27/h2-10,15,22-23,28H,11-14H2,1H3/t22-,23+/m0/s1. The van der Waals surface area contributed by atoms with E-state index in [0.717, 1.165) is 5.56 Å². The first kappa shape index (κ1) is 19.6.